The fourth-order valence-electron chi connectivity index (χ4n) is 2.51. The standard InChI is InChI=1S/C18H21N3O5S/c1-14(15-7-4-3-5-8-15)12-19-18(22)13-20(27(2,25)26)16-9-6-10-17(11-16)21(23)24/h3-11,14H,12-13H2,1-2H3,(H,19,22). The lowest BCUT2D eigenvalue weighted by Crippen LogP contribution is -2.41. The number of anilines is 1. The summed E-state index contributed by atoms with van der Waals surface area (Å²) >= 11 is 0. The minimum atomic E-state index is -3.80. The van der Waals surface area contributed by atoms with Crippen LogP contribution in [0.4, 0.5) is 11.4 Å². The lowest BCUT2D eigenvalue weighted by atomic mass is 10.0. The van der Waals surface area contributed by atoms with Crippen LogP contribution in [0.1, 0.15) is 18.4 Å². The second kappa shape index (κ2) is 8.63. The molecule has 2 rings (SSSR count). The summed E-state index contributed by atoms with van der Waals surface area (Å²) in [7, 11) is -3.80. The number of nitro benzene ring substituents is 1. The summed E-state index contributed by atoms with van der Waals surface area (Å²) in [6, 6.07) is 14.8. The largest absolute Gasteiger partial charge is 0.354 e. The SMILES string of the molecule is CC(CNC(=O)CN(c1cccc([N+](=O)[O-])c1)S(C)(=O)=O)c1ccccc1. The van der Waals surface area contributed by atoms with Crippen LogP contribution in [0.5, 0.6) is 0 Å². The van der Waals surface area contributed by atoms with E-state index in [-0.39, 0.29) is 17.3 Å². The van der Waals surface area contributed by atoms with Crippen LogP contribution in [0, 0.1) is 10.1 Å². The smallest absolute Gasteiger partial charge is 0.271 e. The van der Waals surface area contributed by atoms with E-state index in [1.807, 2.05) is 37.3 Å². The summed E-state index contributed by atoms with van der Waals surface area (Å²) < 4.78 is 25.0. The summed E-state index contributed by atoms with van der Waals surface area (Å²) in [5.74, 6) is -0.436. The molecule has 0 saturated carbocycles. The van der Waals surface area contributed by atoms with Crippen LogP contribution in [0.3, 0.4) is 0 Å². The van der Waals surface area contributed by atoms with Gasteiger partial charge in [-0.25, -0.2) is 8.42 Å². The van der Waals surface area contributed by atoms with Gasteiger partial charge in [0.05, 0.1) is 16.9 Å². The summed E-state index contributed by atoms with van der Waals surface area (Å²) in [5.41, 5.74) is 0.869. The normalized spacial score (nSPS) is 12.2. The molecule has 0 aliphatic carbocycles. The Morgan fingerprint density at radius 3 is 2.44 bits per heavy atom. The topological polar surface area (TPSA) is 110 Å². The van der Waals surface area contributed by atoms with E-state index in [0.717, 1.165) is 22.2 Å². The van der Waals surface area contributed by atoms with Crippen LogP contribution in [0.2, 0.25) is 0 Å². The summed E-state index contributed by atoms with van der Waals surface area (Å²) in [4.78, 5) is 22.6. The number of hydrogen-bond donors (Lipinski definition) is 1. The molecular weight excluding hydrogens is 370 g/mol. The first-order valence-corrected chi connectivity index (χ1v) is 10.1. The van der Waals surface area contributed by atoms with Gasteiger partial charge in [0.15, 0.2) is 0 Å². The second-order valence-corrected chi connectivity index (χ2v) is 8.07. The average molecular weight is 391 g/mol. The molecule has 27 heavy (non-hydrogen) atoms. The Hall–Kier alpha value is -2.94. The number of nitrogens with one attached hydrogen (secondary N) is 1. The van der Waals surface area contributed by atoms with Gasteiger partial charge in [-0.2, -0.15) is 0 Å². The predicted molar refractivity (Wildman–Crippen MR) is 103 cm³/mol. The van der Waals surface area contributed by atoms with Crippen molar-refractivity contribution < 1.29 is 18.1 Å². The van der Waals surface area contributed by atoms with Crippen LogP contribution in [-0.4, -0.2) is 38.6 Å². The third kappa shape index (κ3) is 5.78. The summed E-state index contributed by atoms with van der Waals surface area (Å²) in [6.07, 6.45) is 0.950. The van der Waals surface area contributed by atoms with Crippen molar-refractivity contribution in [3.63, 3.8) is 0 Å². The van der Waals surface area contributed by atoms with E-state index in [2.05, 4.69) is 5.32 Å². The van der Waals surface area contributed by atoms with Crippen molar-refractivity contribution in [2.45, 2.75) is 12.8 Å². The number of rotatable bonds is 8. The number of hydrogen-bond acceptors (Lipinski definition) is 5. The van der Waals surface area contributed by atoms with Crippen molar-refractivity contribution >= 4 is 27.3 Å². The number of nitrogens with zero attached hydrogens (tertiary/aromatic N) is 2. The van der Waals surface area contributed by atoms with Gasteiger partial charge in [-0.15, -0.1) is 0 Å². The highest BCUT2D eigenvalue weighted by molar-refractivity contribution is 7.92. The molecule has 0 radical (unpaired) electrons. The maximum atomic E-state index is 12.3. The third-order valence-corrected chi connectivity index (χ3v) is 5.13. The van der Waals surface area contributed by atoms with Crippen molar-refractivity contribution in [3.05, 3.63) is 70.3 Å². The predicted octanol–water partition coefficient (Wildman–Crippen LogP) is 2.28. The van der Waals surface area contributed by atoms with Gasteiger partial charge in [-0.1, -0.05) is 43.3 Å². The Labute approximate surface area is 158 Å². The van der Waals surface area contributed by atoms with Crippen LogP contribution < -0.4 is 9.62 Å². The Morgan fingerprint density at radius 1 is 1.19 bits per heavy atom. The zero-order chi connectivity index (χ0) is 20.0. The molecule has 2 aromatic carbocycles. The van der Waals surface area contributed by atoms with Gasteiger partial charge >= 0.3 is 0 Å². The zero-order valence-corrected chi connectivity index (χ0v) is 15.8. The molecule has 1 amide bonds. The van der Waals surface area contributed by atoms with E-state index in [9.17, 15) is 23.3 Å². The average Bonchev–Trinajstić information content (AvgIpc) is 2.64. The van der Waals surface area contributed by atoms with Gasteiger partial charge in [0.25, 0.3) is 5.69 Å². The zero-order valence-electron chi connectivity index (χ0n) is 15.0. The summed E-state index contributed by atoms with van der Waals surface area (Å²) in [6.45, 7) is 1.83. The Morgan fingerprint density at radius 2 is 1.85 bits per heavy atom. The van der Waals surface area contributed by atoms with Gasteiger partial charge in [-0.05, 0) is 17.5 Å². The van der Waals surface area contributed by atoms with Gasteiger partial charge in [0, 0.05) is 18.7 Å². The highest BCUT2D eigenvalue weighted by Gasteiger charge is 2.22. The lowest BCUT2D eigenvalue weighted by molar-refractivity contribution is -0.384. The Bertz CT molecular complexity index is 916. The maximum absolute atomic E-state index is 12.3. The van der Waals surface area contributed by atoms with E-state index in [1.165, 1.54) is 18.2 Å². The molecule has 0 saturated heterocycles. The minimum absolute atomic E-state index is 0.0552. The molecule has 144 valence electrons. The van der Waals surface area contributed by atoms with Crippen LogP contribution in [-0.2, 0) is 14.8 Å². The van der Waals surface area contributed by atoms with Crippen molar-refractivity contribution in [2.24, 2.45) is 0 Å². The highest BCUT2D eigenvalue weighted by atomic mass is 32.2. The second-order valence-electron chi connectivity index (χ2n) is 6.16. The molecule has 0 aliphatic heterocycles. The molecule has 0 fully saturated rings. The van der Waals surface area contributed by atoms with Gasteiger partial charge in [0.1, 0.15) is 6.54 Å². The van der Waals surface area contributed by atoms with E-state index in [4.69, 9.17) is 0 Å². The van der Waals surface area contributed by atoms with Gasteiger partial charge in [-0.3, -0.25) is 19.2 Å². The molecule has 0 aromatic heterocycles. The molecular formula is C18H21N3O5S. The quantitative estimate of drug-likeness (QED) is 0.548. The third-order valence-electron chi connectivity index (χ3n) is 3.99. The van der Waals surface area contributed by atoms with Crippen molar-refractivity contribution in [1.82, 2.24) is 5.32 Å². The van der Waals surface area contributed by atoms with Crippen molar-refractivity contribution in [2.75, 3.05) is 23.7 Å². The highest BCUT2D eigenvalue weighted by Crippen LogP contribution is 2.23. The van der Waals surface area contributed by atoms with E-state index in [0.29, 0.717) is 6.54 Å². The van der Waals surface area contributed by atoms with E-state index >= 15 is 0 Å². The first kappa shape index (κ1) is 20.4. The van der Waals surface area contributed by atoms with Crippen molar-refractivity contribution in [1.29, 1.82) is 0 Å². The number of carbonyl (C=O) groups excluding carboxylic acids is 1. The number of sulfonamides is 1. The molecule has 9 heteroatoms. The first-order valence-electron chi connectivity index (χ1n) is 8.22. The molecule has 1 unspecified atom stereocenters. The number of non-ortho nitro benzene ring substituents is 1. The van der Waals surface area contributed by atoms with Crippen LogP contribution in [0.15, 0.2) is 54.6 Å². The fourth-order valence-corrected chi connectivity index (χ4v) is 3.36. The van der Waals surface area contributed by atoms with Gasteiger partial charge < -0.3 is 5.32 Å². The Kier molecular flexibility index (Phi) is 6.51. The molecule has 8 nitrogen and oxygen atoms in total. The molecule has 1 N–H and O–H groups in total. The monoisotopic (exact) mass is 391 g/mol. The molecule has 0 aliphatic rings. The lowest BCUT2D eigenvalue weighted by Gasteiger charge is -2.22. The minimum Gasteiger partial charge on any atom is -0.354 e. The van der Waals surface area contributed by atoms with Crippen molar-refractivity contribution in [3.8, 4) is 0 Å². The van der Waals surface area contributed by atoms with Crippen LogP contribution in [0.25, 0.3) is 0 Å². The first-order chi connectivity index (χ1) is 12.7. The molecule has 0 bridgehead atoms. The molecule has 2 aromatic rings. The molecule has 1 atom stereocenters. The Balaban J connectivity index is 2.09. The number of nitro groups is 1. The fraction of sp³-hybridized carbons (Fsp3) is 0.278. The molecule has 0 spiro atoms. The number of amides is 1. The van der Waals surface area contributed by atoms with E-state index < -0.39 is 27.4 Å². The maximum Gasteiger partial charge on any atom is 0.271 e. The van der Waals surface area contributed by atoms with E-state index in [1.54, 1.807) is 0 Å². The summed E-state index contributed by atoms with van der Waals surface area (Å²) in [5, 5.41) is 13.6. The van der Waals surface area contributed by atoms with Crippen LogP contribution >= 0.6 is 0 Å². The number of benzene rings is 2. The van der Waals surface area contributed by atoms with Gasteiger partial charge in [0.2, 0.25) is 15.9 Å². The molecule has 0 heterocycles. The number of carbonyl (C=O) groups is 1.